The van der Waals surface area contributed by atoms with Gasteiger partial charge in [0.2, 0.25) is 11.8 Å². The number of aryl methyl sites for hydroxylation is 1. The summed E-state index contributed by atoms with van der Waals surface area (Å²) in [5.41, 5.74) is 5.35. The molecule has 8 heteroatoms. The first kappa shape index (κ1) is 25.1. The van der Waals surface area contributed by atoms with Gasteiger partial charge in [0.25, 0.3) is 0 Å². The first-order valence-electron chi connectivity index (χ1n) is 11.3. The zero-order valence-electron chi connectivity index (χ0n) is 19.2. The van der Waals surface area contributed by atoms with E-state index in [1.54, 1.807) is 0 Å². The van der Waals surface area contributed by atoms with Crippen LogP contribution in [0, 0.1) is 6.92 Å². The van der Waals surface area contributed by atoms with Crippen LogP contribution >= 0.6 is 7.60 Å². The van der Waals surface area contributed by atoms with Crippen molar-refractivity contribution in [3.63, 3.8) is 0 Å². The highest BCUT2D eigenvalue weighted by Crippen LogP contribution is 2.34. The van der Waals surface area contributed by atoms with Crippen LogP contribution in [0.5, 0.6) is 0 Å². The minimum Gasteiger partial charge on any atom is -0.417 e. The molecule has 0 bridgehead atoms. The molecular formula is C25H32N3O4P. The quantitative estimate of drug-likeness (QED) is 0.240. The molecule has 0 radical (unpaired) electrons. The monoisotopic (exact) mass is 469 g/mol. The Labute approximate surface area is 195 Å². The van der Waals surface area contributed by atoms with Gasteiger partial charge in [0.15, 0.2) is 0 Å². The first-order chi connectivity index (χ1) is 15.9. The van der Waals surface area contributed by atoms with Crippen molar-refractivity contribution in [1.29, 1.82) is 0 Å². The van der Waals surface area contributed by atoms with Gasteiger partial charge in [-0.25, -0.2) is 0 Å². The Hall–Kier alpha value is -2.57. The molecule has 0 amide bonds. The van der Waals surface area contributed by atoms with Gasteiger partial charge in [-0.15, -0.1) is 10.2 Å². The van der Waals surface area contributed by atoms with Crippen LogP contribution in [0.15, 0.2) is 52.9 Å². The lowest BCUT2D eigenvalue weighted by Crippen LogP contribution is -2.15. The number of hydrogen-bond donors (Lipinski definition) is 3. The summed E-state index contributed by atoms with van der Waals surface area (Å²) in [5.74, 6) is 0.984. The Morgan fingerprint density at radius 1 is 1.12 bits per heavy atom. The third-order valence-electron chi connectivity index (χ3n) is 5.34. The molecule has 0 unspecified atom stereocenters. The number of allylic oxidation sites excluding steroid dienone is 1. The van der Waals surface area contributed by atoms with Crippen LogP contribution < -0.4 is 5.32 Å². The zero-order valence-corrected chi connectivity index (χ0v) is 20.1. The fourth-order valence-corrected chi connectivity index (χ4v) is 4.16. The summed E-state index contributed by atoms with van der Waals surface area (Å²) < 4.78 is 16.9. The summed E-state index contributed by atoms with van der Waals surface area (Å²) in [4.78, 5) is 17.8. The average molecular weight is 470 g/mol. The molecule has 0 atom stereocenters. The minimum absolute atomic E-state index is 0.101. The normalized spacial score (nSPS) is 12.3. The largest absolute Gasteiger partial charge is 0.417 e. The molecule has 176 valence electrons. The van der Waals surface area contributed by atoms with Gasteiger partial charge in [0.05, 0.1) is 6.16 Å². The van der Waals surface area contributed by atoms with Crippen molar-refractivity contribution < 1.29 is 18.8 Å². The molecule has 33 heavy (non-hydrogen) atoms. The van der Waals surface area contributed by atoms with Crippen molar-refractivity contribution in [2.24, 2.45) is 0 Å². The van der Waals surface area contributed by atoms with E-state index in [2.05, 4.69) is 40.6 Å². The van der Waals surface area contributed by atoms with Crippen LogP contribution in [0.1, 0.15) is 55.2 Å². The molecule has 0 saturated heterocycles. The van der Waals surface area contributed by atoms with E-state index in [1.807, 2.05) is 43.3 Å². The van der Waals surface area contributed by atoms with Gasteiger partial charge in [-0.3, -0.25) is 4.57 Å². The average Bonchev–Trinajstić information content (AvgIpc) is 3.24. The Balaban J connectivity index is 1.67. The van der Waals surface area contributed by atoms with Gasteiger partial charge in [-0.05, 0) is 61.1 Å². The Bertz CT molecular complexity index is 1110. The van der Waals surface area contributed by atoms with E-state index in [-0.39, 0.29) is 6.16 Å². The van der Waals surface area contributed by atoms with Crippen LogP contribution in [-0.2, 0) is 11.1 Å². The molecule has 0 aliphatic carbocycles. The number of nitrogens with zero attached hydrogens (tertiary/aromatic N) is 2. The standard InChI is InChI=1S/C25H32N3O4P/c1-3-4-9-22(21-10-6-5-7-11-21)17-24-27-28-25(32-24)23-13-12-20(16-19(23)2)18-26-14-8-15-33(29,30)31/h5-7,10-13,16-17,26H,3-4,8-9,14-15,18H2,1-2H3,(H2,29,30,31)/b22-17+. The summed E-state index contributed by atoms with van der Waals surface area (Å²) in [6.45, 7) is 5.35. The maximum atomic E-state index is 10.9. The van der Waals surface area contributed by atoms with Crippen molar-refractivity contribution in [1.82, 2.24) is 15.5 Å². The minimum atomic E-state index is -3.92. The van der Waals surface area contributed by atoms with E-state index in [0.717, 1.165) is 36.0 Å². The van der Waals surface area contributed by atoms with Crippen molar-refractivity contribution in [2.45, 2.75) is 46.1 Å². The van der Waals surface area contributed by atoms with Gasteiger partial charge in [0, 0.05) is 18.2 Å². The lowest BCUT2D eigenvalue weighted by atomic mass is 10.00. The fourth-order valence-electron chi connectivity index (χ4n) is 3.59. The van der Waals surface area contributed by atoms with Gasteiger partial charge < -0.3 is 19.5 Å². The Kier molecular flexibility index (Phi) is 9.15. The third-order valence-corrected chi connectivity index (χ3v) is 6.23. The second-order valence-electron chi connectivity index (χ2n) is 8.15. The molecule has 0 aliphatic heterocycles. The molecule has 1 heterocycles. The summed E-state index contributed by atoms with van der Waals surface area (Å²) in [7, 11) is -3.92. The lowest BCUT2D eigenvalue weighted by Gasteiger charge is -2.08. The molecular weight excluding hydrogens is 437 g/mol. The van der Waals surface area contributed by atoms with E-state index in [1.165, 1.54) is 11.1 Å². The molecule has 0 saturated carbocycles. The highest BCUT2D eigenvalue weighted by molar-refractivity contribution is 7.51. The Morgan fingerprint density at radius 3 is 2.61 bits per heavy atom. The summed E-state index contributed by atoms with van der Waals surface area (Å²) in [6.07, 6.45) is 5.47. The molecule has 1 aromatic heterocycles. The number of unbranched alkanes of at least 4 members (excludes halogenated alkanes) is 1. The number of hydrogen-bond acceptors (Lipinski definition) is 5. The second-order valence-corrected chi connectivity index (χ2v) is 9.93. The van der Waals surface area contributed by atoms with Crippen molar-refractivity contribution in [2.75, 3.05) is 12.7 Å². The second kappa shape index (κ2) is 12.1. The molecule has 3 rings (SSSR count). The highest BCUT2D eigenvalue weighted by atomic mass is 31.2. The predicted octanol–water partition coefficient (Wildman–Crippen LogP) is 5.43. The van der Waals surface area contributed by atoms with E-state index in [9.17, 15) is 4.57 Å². The highest BCUT2D eigenvalue weighted by Gasteiger charge is 2.13. The van der Waals surface area contributed by atoms with E-state index in [4.69, 9.17) is 14.2 Å². The van der Waals surface area contributed by atoms with Crippen LogP contribution in [0.25, 0.3) is 23.1 Å². The molecule has 7 nitrogen and oxygen atoms in total. The smallest absolute Gasteiger partial charge is 0.325 e. The summed E-state index contributed by atoms with van der Waals surface area (Å²) in [5, 5.41) is 11.7. The van der Waals surface area contributed by atoms with Crippen LogP contribution in [0.2, 0.25) is 0 Å². The molecule has 0 aliphatic rings. The number of benzene rings is 2. The number of aromatic nitrogens is 2. The van der Waals surface area contributed by atoms with Crippen molar-refractivity contribution >= 4 is 19.2 Å². The summed E-state index contributed by atoms with van der Waals surface area (Å²) >= 11 is 0. The zero-order chi connectivity index (χ0) is 23.7. The maximum absolute atomic E-state index is 10.9. The first-order valence-corrected chi connectivity index (χ1v) is 13.1. The van der Waals surface area contributed by atoms with Crippen molar-refractivity contribution in [3.05, 3.63) is 71.1 Å². The van der Waals surface area contributed by atoms with Gasteiger partial charge in [0.1, 0.15) is 0 Å². The van der Waals surface area contributed by atoms with Crippen LogP contribution in [0.4, 0.5) is 0 Å². The van der Waals surface area contributed by atoms with E-state index in [0.29, 0.717) is 31.3 Å². The van der Waals surface area contributed by atoms with E-state index >= 15 is 0 Å². The van der Waals surface area contributed by atoms with Crippen LogP contribution in [0.3, 0.4) is 0 Å². The topological polar surface area (TPSA) is 108 Å². The fraction of sp³-hybridized carbons (Fsp3) is 0.360. The molecule has 3 N–H and O–H groups in total. The predicted molar refractivity (Wildman–Crippen MR) is 132 cm³/mol. The maximum Gasteiger partial charge on any atom is 0.325 e. The van der Waals surface area contributed by atoms with Gasteiger partial charge >= 0.3 is 7.60 Å². The van der Waals surface area contributed by atoms with Gasteiger partial charge in [-0.2, -0.15) is 0 Å². The lowest BCUT2D eigenvalue weighted by molar-refractivity contribution is 0.371. The number of rotatable bonds is 12. The SMILES string of the molecule is CCCC/C(=C\c1nnc(-c2ccc(CNCCCP(=O)(O)O)cc2C)o1)c1ccccc1. The Morgan fingerprint density at radius 2 is 1.91 bits per heavy atom. The van der Waals surface area contributed by atoms with E-state index < -0.39 is 7.60 Å². The molecule has 0 spiro atoms. The van der Waals surface area contributed by atoms with Gasteiger partial charge in [-0.1, -0.05) is 55.8 Å². The summed E-state index contributed by atoms with van der Waals surface area (Å²) in [6, 6.07) is 16.3. The third kappa shape index (κ3) is 8.06. The van der Waals surface area contributed by atoms with Crippen LogP contribution in [-0.4, -0.2) is 32.7 Å². The molecule has 3 aromatic rings. The number of nitrogens with one attached hydrogen (secondary N) is 1. The van der Waals surface area contributed by atoms with Crippen molar-refractivity contribution in [3.8, 4) is 11.5 Å². The molecule has 2 aromatic carbocycles. The molecule has 0 fully saturated rings.